The molecule has 202 valence electrons. The molecule has 0 aliphatic carbocycles. The van der Waals surface area contributed by atoms with E-state index >= 15 is 0 Å². The van der Waals surface area contributed by atoms with Crippen LogP contribution >= 0.6 is 23.2 Å². The van der Waals surface area contributed by atoms with Crippen molar-refractivity contribution >= 4 is 67.8 Å². The zero-order chi connectivity index (χ0) is 28.6. The van der Waals surface area contributed by atoms with Gasteiger partial charge in [-0.1, -0.05) is 29.3 Å². The molecular formula is C22H16Cl2F6N6O2. The summed E-state index contributed by atoms with van der Waals surface area (Å²) in [5.74, 6) is 0. The molecule has 0 bridgehead atoms. The monoisotopic (exact) mass is 580 g/mol. The summed E-state index contributed by atoms with van der Waals surface area (Å²) in [6, 6.07) is 6.01. The zero-order valence-corrected chi connectivity index (χ0v) is 20.7. The summed E-state index contributed by atoms with van der Waals surface area (Å²) < 4.78 is 75.6. The number of benzene rings is 2. The van der Waals surface area contributed by atoms with E-state index in [0.29, 0.717) is 11.1 Å². The lowest BCUT2D eigenvalue weighted by atomic mass is 10.1. The Morgan fingerprint density at radius 1 is 0.816 bits per heavy atom. The van der Waals surface area contributed by atoms with E-state index in [-0.39, 0.29) is 32.9 Å². The van der Waals surface area contributed by atoms with Crippen LogP contribution in [0.5, 0.6) is 0 Å². The van der Waals surface area contributed by atoms with Crippen LogP contribution in [0.4, 0.5) is 49.1 Å². The normalized spacial score (nSPS) is 11.7. The molecule has 0 saturated carbocycles. The molecule has 2 aromatic carbocycles. The van der Waals surface area contributed by atoms with Gasteiger partial charge in [0.1, 0.15) is 5.69 Å². The van der Waals surface area contributed by atoms with Crippen LogP contribution in [0, 0.1) is 10.1 Å². The average Bonchev–Trinajstić information content (AvgIpc) is 2.82. The van der Waals surface area contributed by atoms with Crippen LogP contribution in [-0.4, -0.2) is 29.0 Å². The van der Waals surface area contributed by atoms with E-state index in [9.17, 15) is 36.5 Å². The molecule has 8 nitrogen and oxygen atoms in total. The van der Waals surface area contributed by atoms with Gasteiger partial charge in [0.25, 0.3) is 0 Å². The van der Waals surface area contributed by atoms with Gasteiger partial charge in [0.05, 0.1) is 38.5 Å². The Balaban J connectivity index is 0.000000212. The Kier molecular flexibility index (Phi) is 7.98. The number of aromatic nitrogens is 2. The van der Waals surface area contributed by atoms with Gasteiger partial charge in [-0.15, -0.1) is 0 Å². The molecule has 0 spiro atoms. The molecule has 0 aliphatic rings. The summed E-state index contributed by atoms with van der Waals surface area (Å²) in [5, 5.41) is 16.5. The Labute approximate surface area is 219 Å². The van der Waals surface area contributed by atoms with Crippen molar-refractivity contribution in [3.05, 3.63) is 67.9 Å². The van der Waals surface area contributed by atoms with Crippen molar-refractivity contribution < 1.29 is 31.3 Å². The Hall–Kier alpha value is -3.78. The minimum Gasteiger partial charge on any atom is -0.395 e. The smallest absolute Gasteiger partial charge is 0.395 e. The van der Waals surface area contributed by atoms with E-state index < -0.39 is 39.2 Å². The van der Waals surface area contributed by atoms with Gasteiger partial charge in [-0.05, 0) is 30.3 Å². The number of hydrogen-bond donors (Lipinski definition) is 3. The van der Waals surface area contributed by atoms with Crippen molar-refractivity contribution in [2.45, 2.75) is 12.4 Å². The van der Waals surface area contributed by atoms with E-state index in [1.54, 1.807) is 7.05 Å². The lowest BCUT2D eigenvalue weighted by Gasteiger charge is -2.12. The molecule has 0 saturated heterocycles. The summed E-state index contributed by atoms with van der Waals surface area (Å²) >= 11 is 11.5. The molecule has 0 radical (unpaired) electrons. The number of nitro groups is 1. The Morgan fingerprint density at radius 2 is 1.24 bits per heavy atom. The number of nitrogens with zero attached hydrogens (tertiary/aromatic N) is 3. The van der Waals surface area contributed by atoms with Crippen LogP contribution in [0.2, 0.25) is 10.3 Å². The zero-order valence-electron chi connectivity index (χ0n) is 19.2. The Morgan fingerprint density at radius 3 is 1.63 bits per heavy atom. The number of hydrogen-bond acceptors (Lipinski definition) is 7. The fourth-order valence-electron chi connectivity index (χ4n) is 3.52. The topological polar surface area (TPSA) is 119 Å². The lowest BCUT2D eigenvalue weighted by Crippen LogP contribution is -2.06. The molecule has 0 aliphatic heterocycles. The summed E-state index contributed by atoms with van der Waals surface area (Å²) in [7, 11) is 3.02. The van der Waals surface area contributed by atoms with Gasteiger partial charge >= 0.3 is 18.0 Å². The third-order valence-corrected chi connectivity index (χ3v) is 5.78. The number of pyridine rings is 2. The first-order chi connectivity index (χ1) is 17.6. The van der Waals surface area contributed by atoms with Gasteiger partial charge in [0.2, 0.25) is 5.15 Å². The lowest BCUT2D eigenvalue weighted by molar-refractivity contribution is -0.384. The highest BCUT2D eigenvalue weighted by molar-refractivity contribution is 6.33. The quantitative estimate of drug-likeness (QED) is 0.1000. The number of halogens is 8. The van der Waals surface area contributed by atoms with E-state index in [4.69, 9.17) is 28.9 Å². The van der Waals surface area contributed by atoms with E-state index in [1.807, 2.05) is 0 Å². The number of rotatable bonds is 3. The van der Waals surface area contributed by atoms with Gasteiger partial charge in [-0.3, -0.25) is 10.1 Å². The number of nitrogens with one attached hydrogen (secondary N) is 2. The van der Waals surface area contributed by atoms with E-state index in [0.717, 1.165) is 30.3 Å². The molecule has 2 aromatic heterocycles. The van der Waals surface area contributed by atoms with Crippen molar-refractivity contribution in [2.75, 3.05) is 30.5 Å². The molecule has 4 rings (SSSR count). The highest BCUT2D eigenvalue weighted by atomic mass is 35.5. The van der Waals surface area contributed by atoms with Gasteiger partial charge in [0.15, 0.2) is 5.15 Å². The number of nitrogen functional groups attached to an aromatic ring is 1. The van der Waals surface area contributed by atoms with Gasteiger partial charge in [0, 0.05) is 24.9 Å². The number of fused-ring (bicyclic) bond motifs is 2. The molecule has 2 heterocycles. The second-order valence-electron chi connectivity index (χ2n) is 7.53. The predicted molar refractivity (Wildman–Crippen MR) is 134 cm³/mol. The molecule has 38 heavy (non-hydrogen) atoms. The maximum absolute atomic E-state index is 12.6. The number of alkyl halides is 6. The molecule has 0 fully saturated rings. The molecule has 4 aromatic rings. The van der Waals surface area contributed by atoms with Crippen LogP contribution in [0.1, 0.15) is 11.1 Å². The molecule has 4 N–H and O–H groups in total. The third kappa shape index (κ3) is 5.70. The standard InChI is InChI=1S/C11H7ClF3N3O2.C11H9ClF3N3/c1-16-8-6-3-2-5(11(13,14)15)4-7(6)17-10(12)9(8)18(19)20;1-17-9-6-3-2-5(11(13,14)15)4-7(6)18-10(12)8(9)16/h2-4H,1H3,(H,16,17);2-4H,16H2,1H3,(H,17,18). The fourth-order valence-corrected chi connectivity index (χ4v) is 3.96. The van der Waals surface area contributed by atoms with E-state index in [2.05, 4.69) is 20.6 Å². The highest BCUT2D eigenvalue weighted by Gasteiger charge is 2.32. The fraction of sp³-hybridized carbons (Fsp3) is 0.182. The molecule has 0 amide bonds. The van der Waals surface area contributed by atoms with Gasteiger partial charge in [-0.2, -0.15) is 26.3 Å². The molecule has 0 unspecified atom stereocenters. The number of anilines is 3. The first-order valence-electron chi connectivity index (χ1n) is 10.3. The van der Waals surface area contributed by atoms with Crippen molar-refractivity contribution in [1.82, 2.24) is 9.97 Å². The SMILES string of the molecule is CNc1c(N)c(Cl)nc2cc(C(F)(F)F)ccc12.CNc1c([N+](=O)[O-])c(Cl)nc2cc(C(F)(F)F)ccc12. The summed E-state index contributed by atoms with van der Waals surface area (Å²) in [5.41, 5.74) is 4.35. The molecular weight excluding hydrogens is 565 g/mol. The van der Waals surface area contributed by atoms with Crippen LogP contribution in [-0.2, 0) is 12.4 Å². The highest BCUT2D eigenvalue weighted by Crippen LogP contribution is 2.40. The minimum atomic E-state index is -4.52. The second-order valence-corrected chi connectivity index (χ2v) is 8.25. The minimum absolute atomic E-state index is 0.0221. The third-order valence-electron chi connectivity index (χ3n) is 5.23. The van der Waals surface area contributed by atoms with Crippen molar-refractivity contribution in [1.29, 1.82) is 0 Å². The van der Waals surface area contributed by atoms with Crippen LogP contribution in [0.15, 0.2) is 36.4 Å². The number of nitrogens with two attached hydrogens (primary N) is 1. The van der Waals surface area contributed by atoms with Gasteiger partial charge < -0.3 is 16.4 Å². The largest absolute Gasteiger partial charge is 0.416 e. The van der Waals surface area contributed by atoms with Crippen molar-refractivity contribution in [3.8, 4) is 0 Å². The maximum atomic E-state index is 12.6. The van der Waals surface area contributed by atoms with Crippen LogP contribution in [0.25, 0.3) is 21.8 Å². The summed E-state index contributed by atoms with van der Waals surface area (Å²) in [4.78, 5) is 17.7. The van der Waals surface area contributed by atoms with Crippen LogP contribution in [0.3, 0.4) is 0 Å². The average molecular weight is 581 g/mol. The second kappa shape index (κ2) is 10.5. The van der Waals surface area contributed by atoms with Crippen LogP contribution < -0.4 is 16.4 Å². The molecule has 16 heteroatoms. The maximum Gasteiger partial charge on any atom is 0.416 e. The molecule has 0 atom stereocenters. The van der Waals surface area contributed by atoms with Crippen molar-refractivity contribution in [3.63, 3.8) is 0 Å². The summed E-state index contributed by atoms with van der Waals surface area (Å²) in [6.07, 6.45) is -8.94. The first kappa shape index (κ1) is 28.8. The summed E-state index contributed by atoms with van der Waals surface area (Å²) in [6.45, 7) is 0. The predicted octanol–water partition coefficient (Wildman–Crippen LogP) is 7.39. The van der Waals surface area contributed by atoms with Gasteiger partial charge in [-0.25, -0.2) is 9.97 Å². The van der Waals surface area contributed by atoms with E-state index in [1.165, 1.54) is 13.1 Å². The Bertz CT molecular complexity index is 1550. The van der Waals surface area contributed by atoms with Crippen molar-refractivity contribution in [2.24, 2.45) is 0 Å². The first-order valence-corrected chi connectivity index (χ1v) is 11.0.